The normalized spacial score (nSPS) is 38.6. The van der Waals surface area contributed by atoms with Crippen molar-refractivity contribution < 1.29 is 4.79 Å². The number of fused-ring (bicyclic) bond motifs is 1. The molecule has 2 saturated heterocycles. The van der Waals surface area contributed by atoms with E-state index in [2.05, 4.69) is 15.5 Å². The molecule has 2 aliphatic heterocycles. The second-order valence-corrected chi connectivity index (χ2v) is 5.39. The minimum absolute atomic E-state index is 0.164. The first kappa shape index (κ1) is 10.4. The zero-order valence-corrected chi connectivity index (χ0v) is 9.74. The number of urea groups is 1. The maximum atomic E-state index is 11.9. The SMILES string of the molecule is O=C1NCC2CCCC2N1CC1CCCN1. The van der Waals surface area contributed by atoms with E-state index >= 15 is 0 Å². The Kier molecular flexibility index (Phi) is 2.75. The highest BCUT2D eigenvalue weighted by atomic mass is 16.2. The first-order valence-corrected chi connectivity index (χ1v) is 6.62. The molecule has 0 bridgehead atoms. The molecule has 4 nitrogen and oxygen atoms in total. The van der Waals surface area contributed by atoms with Gasteiger partial charge in [0.1, 0.15) is 0 Å². The van der Waals surface area contributed by atoms with E-state index in [1.54, 1.807) is 0 Å². The molecule has 3 atom stereocenters. The molecule has 0 spiro atoms. The lowest BCUT2D eigenvalue weighted by molar-refractivity contribution is 0.128. The van der Waals surface area contributed by atoms with Gasteiger partial charge in [0, 0.05) is 25.2 Å². The molecule has 2 N–H and O–H groups in total. The fraction of sp³-hybridized carbons (Fsp3) is 0.917. The number of hydrogen-bond donors (Lipinski definition) is 2. The lowest BCUT2D eigenvalue weighted by Crippen LogP contribution is -2.58. The third-order valence-electron chi connectivity index (χ3n) is 4.38. The number of nitrogens with one attached hydrogen (secondary N) is 2. The van der Waals surface area contributed by atoms with Crippen molar-refractivity contribution in [2.24, 2.45) is 5.92 Å². The molecule has 2 heterocycles. The predicted molar refractivity (Wildman–Crippen MR) is 62.3 cm³/mol. The lowest BCUT2D eigenvalue weighted by atomic mass is 9.99. The van der Waals surface area contributed by atoms with Crippen molar-refractivity contribution in [1.29, 1.82) is 0 Å². The second kappa shape index (κ2) is 4.24. The summed E-state index contributed by atoms with van der Waals surface area (Å²) in [7, 11) is 0. The molecule has 3 unspecified atom stereocenters. The monoisotopic (exact) mass is 223 g/mol. The molecule has 90 valence electrons. The molecule has 0 aromatic heterocycles. The van der Waals surface area contributed by atoms with Crippen LogP contribution < -0.4 is 10.6 Å². The Labute approximate surface area is 96.8 Å². The van der Waals surface area contributed by atoms with Crippen molar-refractivity contribution in [3.63, 3.8) is 0 Å². The van der Waals surface area contributed by atoms with Crippen molar-refractivity contribution in [3.8, 4) is 0 Å². The summed E-state index contributed by atoms with van der Waals surface area (Å²) in [6.45, 7) is 2.93. The standard InChI is InChI=1S/C12H21N3O/c16-12-14-7-9-3-1-5-11(9)15(12)8-10-4-2-6-13-10/h9-11,13H,1-8H2,(H,14,16). The van der Waals surface area contributed by atoms with Crippen LogP contribution in [0.15, 0.2) is 0 Å². The van der Waals surface area contributed by atoms with Gasteiger partial charge in [-0.1, -0.05) is 6.42 Å². The van der Waals surface area contributed by atoms with Crippen LogP contribution in [0.2, 0.25) is 0 Å². The van der Waals surface area contributed by atoms with Gasteiger partial charge in [0.2, 0.25) is 0 Å². The van der Waals surface area contributed by atoms with E-state index in [0.717, 1.165) is 19.6 Å². The van der Waals surface area contributed by atoms with Gasteiger partial charge in [-0.3, -0.25) is 0 Å². The number of nitrogens with zero attached hydrogens (tertiary/aromatic N) is 1. The lowest BCUT2D eigenvalue weighted by Gasteiger charge is -2.39. The largest absolute Gasteiger partial charge is 0.338 e. The van der Waals surface area contributed by atoms with Crippen molar-refractivity contribution in [2.75, 3.05) is 19.6 Å². The fourth-order valence-corrected chi connectivity index (χ4v) is 3.50. The smallest absolute Gasteiger partial charge is 0.317 e. The molecule has 0 aromatic rings. The molecular formula is C12H21N3O. The zero-order chi connectivity index (χ0) is 11.0. The van der Waals surface area contributed by atoms with E-state index in [-0.39, 0.29) is 6.03 Å². The summed E-state index contributed by atoms with van der Waals surface area (Å²) < 4.78 is 0. The number of hydrogen-bond acceptors (Lipinski definition) is 2. The fourth-order valence-electron chi connectivity index (χ4n) is 3.50. The van der Waals surface area contributed by atoms with Gasteiger partial charge >= 0.3 is 6.03 Å². The van der Waals surface area contributed by atoms with Gasteiger partial charge in [-0.2, -0.15) is 0 Å². The van der Waals surface area contributed by atoms with E-state index in [1.165, 1.54) is 32.1 Å². The zero-order valence-electron chi connectivity index (χ0n) is 9.74. The summed E-state index contributed by atoms with van der Waals surface area (Å²) >= 11 is 0. The van der Waals surface area contributed by atoms with Crippen LogP contribution in [0.1, 0.15) is 32.1 Å². The predicted octanol–water partition coefficient (Wildman–Crippen LogP) is 0.932. The Morgan fingerprint density at radius 2 is 2.19 bits per heavy atom. The molecule has 1 aliphatic carbocycles. The molecule has 2 amide bonds. The van der Waals surface area contributed by atoms with Crippen LogP contribution in [0.25, 0.3) is 0 Å². The molecular weight excluding hydrogens is 202 g/mol. The van der Waals surface area contributed by atoms with Crippen LogP contribution in [0.3, 0.4) is 0 Å². The van der Waals surface area contributed by atoms with Crippen molar-refractivity contribution in [2.45, 2.75) is 44.2 Å². The van der Waals surface area contributed by atoms with Gasteiger partial charge in [-0.05, 0) is 38.1 Å². The number of carbonyl (C=O) groups excluding carboxylic acids is 1. The topological polar surface area (TPSA) is 44.4 Å². The maximum Gasteiger partial charge on any atom is 0.317 e. The van der Waals surface area contributed by atoms with E-state index in [9.17, 15) is 4.79 Å². The first-order valence-electron chi connectivity index (χ1n) is 6.62. The van der Waals surface area contributed by atoms with Gasteiger partial charge in [0.15, 0.2) is 0 Å². The van der Waals surface area contributed by atoms with Crippen LogP contribution in [0.5, 0.6) is 0 Å². The van der Waals surface area contributed by atoms with Crippen molar-refractivity contribution in [1.82, 2.24) is 15.5 Å². The molecule has 1 saturated carbocycles. The summed E-state index contributed by atoms with van der Waals surface area (Å²) in [6, 6.07) is 1.22. The molecule has 16 heavy (non-hydrogen) atoms. The Balaban J connectivity index is 1.67. The van der Waals surface area contributed by atoms with Gasteiger partial charge in [-0.15, -0.1) is 0 Å². The Morgan fingerprint density at radius 3 is 3.00 bits per heavy atom. The average Bonchev–Trinajstić information content (AvgIpc) is 2.92. The molecule has 3 rings (SSSR count). The van der Waals surface area contributed by atoms with E-state index in [1.807, 2.05) is 0 Å². The molecule has 0 aromatic carbocycles. The summed E-state index contributed by atoms with van der Waals surface area (Å²) in [4.78, 5) is 14.0. The quantitative estimate of drug-likeness (QED) is 0.731. The molecule has 3 aliphatic rings. The second-order valence-electron chi connectivity index (χ2n) is 5.39. The molecule has 3 fully saturated rings. The van der Waals surface area contributed by atoms with Crippen LogP contribution >= 0.6 is 0 Å². The third kappa shape index (κ3) is 1.79. The van der Waals surface area contributed by atoms with Crippen LogP contribution in [0.4, 0.5) is 4.79 Å². The Bertz CT molecular complexity index is 275. The first-order chi connectivity index (χ1) is 7.84. The minimum Gasteiger partial charge on any atom is -0.338 e. The number of carbonyl (C=O) groups is 1. The van der Waals surface area contributed by atoms with E-state index in [4.69, 9.17) is 0 Å². The van der Waals surface area contributed by atoms with Gasteiger partial charge in [0.05, 0.1) is 0 Å². The summed E-state index contributed by atoms with van der Waals surface area (Å²) in [5.74, 6) is 0.708. The summed E-state index contributed by atoms with van der Waals surface area (Å²) in [5, 5.41) is 6.52. The Morgan fingerprint density at radius 1 is 1.25 bits per heavy atom. The highest BCUT2D eigenvalue weighted by Crippen LogP contribution is 2.32. The maximum absolute atomic E-state index is 11.9. The van der Waals surface area contributed by atoms with Gasteiger partial charge < -0.3 is 15.5 Å². The van der Waals surface area contributed by atoms with E-state index in [0.29, 0.717) is 18.0 Å². The van der Waals surface area contributed by atoms with Crippen LogP contribution in [-0.4, -0.2) is 42.6 Å². The number of amides is 2. The van der Waals surface area contributed by atoms with Gasteiger partial charge in [0.25, 0.3) is 0 Å². The molecule has 4 heteroatoms. The highest BCUT2D eigenvalue weighted by molar-refractivity contribution is 5.75. The summed E-state index contributed by atoms with van der Waals surface area (Å²) in [6.07, 6.45) is 6.28. The highest BCUT2D eigenvalue weighted by Gasteiger charge is 2.39. The minimum atomic E-state index is 0.164. The van der Waals surface area contributed by atoms with Crippen LogP contribution in [0, 0.1) is 5.92 Å². The summed E-state index contributed by atoms with van der Waals surface area (Å²) in [5.41, 5.74) is 0. The van der Waals surface area contributed by atoms with Gasteiger partial charge in [-0.25, -0.2) is 4.79 Å². The number of rotatable bonds is 2. The van der Waals surface area contributed by atoms with Crippen molar-refractivity contribution in [3.05, 3.63) is 0 Å². The third-order valence-corrected chi connectivity index (χ3v) is 4.38. The van der Waals surface area contributed by atoms with E-state index < -0.39 is 0 Å². The van der Waals surface area contributed by atoms with Crippen LogP contribution in [-0.2, 0) is 0 Å². The average molecular weight is 223 g/mol. The Hall–Kier alpha value is -0.770. The molecule has 0 radical (unpaired) electrons. The van der Waals surface area contributed by atoms with Crippen molar-refractivity contribution >= 4 is 6.03 Å².